The van der Waals surface area contributed by atoms with Crippen molar-refractivity contribution in [1.29, 1.82) is 0 Å². The number of hydrogen-bond donors (Lipinski definition) is 0. The molecule has 138 valence electrons. The van der Waals surface area contributed by atoms with Gasteiger partial charge in [0, 0.05) is 24.5 Å². The molecule has 0 N–H and O–H groups in total. The first-order valence-electron chi connectivity index (χ1n) is 8.34. The number of anilines is 1. The number of rotatable bonds is 3. The van der Waals surface area contributed by atoms with Gasteiger partial charge in [0.25, 0.3) is 5.91 Å². The average Bonchev–Trinajstić information content (AvgIpc) is 2.86. The summed E-state index contributed by atoms with van der Waals surface area (Å²) >= 11 is 0. The van der Waals surface area contributed by atoms with Crippen molar-refractivity contribution in [2.24, 2.45) is 0 Å². The van der Waals surface area contributed by atoms with Crippen LogP contribution in [0, 0.1) is 19.7 Å². The first-order chi connectivity index (χ1) is 12.5. The van der Waals surface area contributed by atoms with Crippen LogP contribution in [-0.2, 0) is 4.84 Å². The van der Waals surface area contributed by atoms with Crippen molar-refractivity contribution >= 4 is 11.9 Å². The third-order valence-corrected chi connectivity index (χ3v) is 4.07. The summed E-state index contributed by atoms with van der Waals surface area (Å²) in [5.74, 6) is -0.351. The van der Waals surface area contributed by atoms with E-state index in [0.717, 1.165) is 11.4 Å². The highest BCUT2D eigenvalue weighted by Gasteiger charge is 2.26. The van der Waals surface area contributed by atoms with Gasteiger partial charge in [-0.3, -0.25) is 9.63 Å². The molecular formula is C18H21FN4O3. The van der Waals surface area contributed by atoms with Gasteiger partial charge in [-0.15, -0.1) is 0 Å². The molecule has 3 rings (SSSR count). The molecule has 1 aliphatic heterocycles. The van der Waals surface area contributed by atoms with Crippen LogP contribution in [0.3, 0.4) is 0 Å². The van der Waals surface area contributed by atoms with Gasteiger partial charge in [0.15, 0.2) is 0 Å². The summed E-state index contributed by atoms with van der Waals surface area (Å²) in [5.41, 5.74) is 1.61. The van der Waals surface area contributed by atoms with E-state index in [1.807, 2.05) is 19.9 Å². The summed E-state index contributed by atoms with van der Waals surface area (Å²) in [6.07, 6.45) is 0. The molecule has 1 aromatic carbocycles. The summed E-state index contributed by atoms with van der Waals surface area (Å²) in [7, 11) is 1.41. The maximum absolute atomic E-state index is 14.2. The third-order valence-electron chi connectivity index (χ3n) is 4.07. The predicted octanol–water partition coefficient (Wildman–Crippen LogP) is 2.14. The van der Waals surface area contributed by atoms with Gasteiger partial charge < -0.3 is 9.64 Å². The van der Waals surface area contributed by atoms with E-state index in [0.29, 0.717) is 25.6 Å². The Hall–Kier alpha value is -2.74. The maximum atomic E-state index is 14.2. The Bertz CT molecular complexity index is 795. The van der Waals surface area contributed by atoms with Crippen molar-refractivity contribution in [3.63, 3.8) is 0 Å². The molecule has 8 heteroatoms. The molecule has 26 heavy (non-hydrogen) atoms. The Morgan fingerprint density at radius 2 is 1.92 bits per heavy atom. The van der Waals surface area contributed by atoms with Crippen LogP contribution in [0.2, 0.25) is 0 Å². The van der Waals surface area contributed by atoms with E-state index in [4.69, 9.17) is 9.57 Å². The summed E-state index contributed by atoms with van der Waals surface area (Å²) in [5, 5.41) is 1.58. The number of amides is 1. The average molecular weight is 360 g/mol. The zero-order valence-electron chi connectivity index (χ0n) is 15.0. The number of hydrogen-bond acceptors (Lipinski definition) is 6. The quantitative estimate of drug-likeness (QED) is 0.835. The number of carbonyl (C=O) groups excluding carboxylic acids is 1. The number of hydroxylamine groups is 1. The number of methoxy groups -OCH3 is 1. The minimum Gasteiger partial charge on any atom is -0.496 e. The molecule has 1 saturated heterocycles. The van der Waals surface area contributed by atoms with Crippen molar-refractivity contribution in [2.75, 3.05) is 38.4 Å². The SMILES string of the molecule is COc1cccc(F)c1C(=O)N1CCON(c2nc(C)cc(C)n2)CC1. The Balaban J connectivity index is 1.77. The minimum absolute atomic E-state index is 0.0638. The van der Waals surface area contributed by atoms with E-state index in [9.17, 15) is 9.18 Å². The molecule has 0 bridgehead atoms. The van der Waals surface area contributed by atoms with Crippen molar-refractivity contribution < 1.29 is 18.8 Å². The first kappa shape index (κ1) is 18.1. The van der Waals surface area contributed by atoms with E-state index >= 15 is 0 Å². The molecule has 0 atom stereocenters. The number of halogens is 1. The summed E-state index contributed by atoms with van der Waals surface area (Å²) in [6.45, 7) is 5.10. The molecule has 2 heterocycles. The highest BCUT2D eigenvalue weighted by atomic mass is 19.1. The second-order valence-electron chi connectivity index (χ2n) is 6.00. The van der Waals surface area contributed by atoms with Gasteiger partial charge in [-0.2, -0.15) is 0 Å². The van der Waals surface area contributed by atoms with Crippen LogP contribution in [0.15, 0.2) is 24.3 Å². The van der Waals surface area contributed by atoms with Gasteiger partial charge in [0.1, 0.15) is 17.1 Å². The second-order valence-corrected chi connectivity index (χ2v) is 6.00. The molecule has 1 fully saturated rings. The lowest BCUT2D eigenvalue weighted by molar-refractivity contribution is 0.0721. The molecule has 0 radical (unpaired) electrons. The fourth-order valence-electron chi connectivity index (χ4n) is 2.87. The number of aryl methyl sites for hydroxylation is 2. The zero-order chi connectivity index (χ0) is 18.7. The summed E-state index contributed by atoms with van der Waals surface area (Å²) in [4.78, 5) is 28.8. The molecule has 1 aliphatic rings. The molecule has 0 aliphatic carbocycles. The Labute approximate surface area is 151 Å². The van der Waals surface area contributed by atoms with Crippen molar-refractivity contribution in [3.05, 3.63) is 47.0 Å². The fourth-order valence-corrected chi connectivity index (χ4v) is 2.87. The van der Waals surface area contributed by atoms with E-state index in [1.165, 1.54) is 19.2 Å². The molecule has 0 spiro atoms. The number of ether oxygens (including phenoxy) is 1. The molecule has 2 aromatic rings. The van der Waals surface area contributed by atoms with Crippen LogP contribution >= 0.6 is 0 Å². The lowest BCUT2D eigenvalue weighted by atomic mass is 10.1. The van der Waals surface area contributed by atoms with Gasteiger partial charge in [-0.25, -0.2) is 19.4 Å². The summed E-state index contributed by atoms with van der Waals surface area (Å²) < 4.78 is 19.3. The Kier molecular flexibility index (Phi) is 5.32. The lowest BCUT2D eigenvalue weighted by Gasteiger charge is -2.22. The highest BCUT2D eigenvalue weighted by Crippen LogP contribution is 2.23. The van der Waals surface area contributed by atoms with Crippen LogP contribution in [0.25, 0.3) is 0 Å². The normalized spacial score (nSPS) is 14.9. The summed E-state index contributed by atoms with van der Waals surface area (Å²) in [6, 6.07) is 6.21. The standard InChI is InChI=1S/C18H21FN4O3/c1-12-11-13(2)21-18(20-12)23-8-7-22(9-10-26-23)17(24)16-14(19)5-4-6-15(16)25-3/h4-6,11H,7-10H2,1-3H3. The van der Waals surface area contributed by atoms with Crippen LogP contribution in [0.4, 0.5) is 10.3 Å². The molecule has 7 nitrogen and oxygen atoms in total. The maximum Gasteiger partial charge on any atom is 0.260 e. The zero-order valence-corrected chi connectivity index (χ0v) is 15.0. The molecular weight excluding hydrogens is 339 g/mol. The number of nitrogens with zero attached hydrogens (tertiary/aromatic N) is 4. The van der Waals surface area contributed by atoms with Crippen LogP contribution in [-0.4, -0.2) is 54.1 Å². The Morgan fingerprint density at radius 1 is 1.19 bits per heavy atom. The number of carbonyl (C=O) groups is 1. The fraction of sp³-hybridized carbons (Fsp3) is 0.389. The van der Waals surface area contributed by atoms with Crippen molar-refractivity contribution in [1.82, 2.24) is 14.9 Å². The molecule has 1 aromatic heterocycles. The largest absolute Gasteiger partial charge is 0.496 e. The van der Waals surface area contributed by atoms with Crippen LogP contribution in [0.1, 0.15) is 21.7 Å². The number of benzene rings is 1. The van der Waals surface area contributed by atoms with Crippen LogP contribution < -0.4 is 9.80 Å². The monoisotopic (exact) mass is 360 g/mol. The van der Waals surface area contributed by atoms with E-state index in [-0.39, 0.29) is 17.9 Å². The smallest absolute Gasteiger partial charge is 0.260 e. The van der Waals surface area contributed by atoms with Gasteiger partial charge in [-0.1, -0.05) is 6.07 Å². The first-order valence-corrected chi connectivity index (χ1v) is 8.34. The second kappa shape index (κ2) is 7.65. The van der Waals surface area contributed by atoms with Gasteiger partial charge >= 0.3 is 0 Å². The topological polar surface area (TPSA) is 67.8 Å². The molecule has 0 unspecified atom stereocenters. The lowest BCUT2D eigenvalue weighted by Crippen LogP contribution is -2.36. The highest BCUT2D eigenvalue weighted by molar-refractivity contribution is 5.97. The van der Waals surface area contributed by atoms with Gasteiger partial charge in [-0.05, 0) is 32.0 Å². The van der Waals surface area contributed by atoms with E-state index < -0.39 is 11.7 Å². The van der Waals surface area contributed by atoms with Crippen molar-refractivity contribution in [3.8, 4) is 5.75 Å². The van der Waals surface area contributed by atoms with E-state index in [2.05, 4.69) is 9.97 Å². The third kappa shape index (κ3) is 3.75. The van der Waals surface area contributed by atoms with Crippen LogP contribution in [0.5, 0.6) is 5.75 Å². The predicted molar refractivity (Wildman–Crippen MR) is 93.7 cm³/mol. The van der Waals surface area contributed by atoms with Crippen molar-refractivity contribution in [2.45, 2.75) is 13.8 Å². The van der Waals surface area contributed by atoms with Gasteiger partial charge in [0.05, 0.1) is 20.3 Å². The molecule has 1 amide bonds. The minimum atomic E-state index is -0.603. The Morgan fingerprint density at radius 3 is 2.62 bits per heavy atom. The molecule has 0 saturated carbocycles. The van der Waals surface area contributed by atoms with E-state index in [1.54, 1.807) is 16.0 Å². The van der Waals surface area contributed by atoms with Gasteiger partial charge in [0.2, 0.25) is 5.95 Å². The number of aromatic nitrogens is 2.